The third kappa shape index (κ3) is 8.26. The first-order valence-corrected chi connectivity index (χ1v) is 20.0. The fourth-order valence-electron chi connectivity index (χ4n) is 8.55. The Kier molecular flexibility index (Phi) is 11.0. The predicted molar refractivity (Wildman–Crippen MR) is 208 cm³/mol. The van der Waals surface area contributed by atoms with Gasteiger partial charge in [-0.15, -0.1) is 10.2 Å². The standard InChI is InChI=1S/C40H43ClN10O6/c41-31-20-28(22-43-32(31)21-42)57-27-4-1-25(2-5-27)37(53)44-34-8-9-35(47-46-34)50-13-11-24(12-14-50)23-48-15-17-49(18-16-48)26-3-6-29-30(19-26)40(56)51(39(29)55)33-7-10-36(52)45-38(33)54/h3,6,8-9,19-20,22,24-25,27,33H,1-2,4-5,7,10-18,23H2,(H,44,46,53)(H,45,52,54)/t25-,27-,33?. The van der Waals surface area contributed by atoms with Crippen molar-refractivity contribution < 1.29 is 28.7 Å². The van der Waals surface area contributed by atoms with E-state index in [-0.39, 0.29) is 47.1 Å². The number of imide groups is 2. The molecule has 1 aromatic carbocycles. The van der Waals surface area contributed by atoms with Crippen LogP contribution in [0.1, 0.15) is 77.8 Å². The topological polar surface area (TPSA) is 194 Å². The highest BCUT2D eigenvalue weighted by Gasteiger charge is 2.45. The van der Waals surface area contributed by atoms with Crippen LogP contribution in [0.4, 0.5) is 17.3 Å². The van der Waals surface area contributed by atoms with Crippen molar-refractivity contribution in [1.82, 2.24) is 30.3 Å². The van der Waals surface area contributed by atoms with Gasteiger partial charge in [0.25, 0.3) is 11.8 Å². The second-order valence-electron chi connectivity index (χ2n) is 15.4. The Morgan fingerprint density at radius 2 is 1.63 bits per heavy atom. The second kappa shape index (κ2) is 16.4. The van der Waals surface area contributed by atoms with Crippen molar-refractivity contribution >= 4 is 58.5 Å². The number of nitrogens with one attached hydrogen (secondary N) is 2. The highest BCUT2D eigenvalue weighted by Crippen LogP contribution is 2.33. The monoisotopic (exact) mass is 794 g/mol. The van der Waals surface area contributed by atoms with Gasteiger partial charge < -0.3 is 19.9 Å². The largest absolute Gasteiger partial charge is 0.489 e. The predicted octanol–water partition coefficient (Wildman–Crippen LogP) is 3.41. The second-order valence-corrected chi connectivity index (χ2v) is 15.8. The molecule has 4 fully saturated rings. The first-order valence-electron chi connectivity index (χ1n) is 19.6. The van der Waals surface area contributed by atoms with Crippen molar-refractivity contribution in [1.29, 1.82) is 5.26 Å². The lowest BCUT2D eigenvalue weighted by molar-refractivity contribution is -0.136. The third-order valence-electron chi connectivity index (χ3n) is 11.8. The van der Waals surface area contributed by atoms with Crippen molar-refractivity contribution in [3.8, 4) is 11.8 Å². The number of halogens is 1. The third-order valence-corrected chi connectivity index (χ3v) is 12.1. The van der Waals surface area contributed by atoms with Crippen LogP contribution in [-0.2, 0) is 14.4 Å². The zero-order valence-corrected chi connectivity index (χ0v) is 32.1. The van der Waals surface area contributed by atoms with Gasteiger partial charge in [-0.3, -0.25) is 39.1 Å². The molecule has 1 saturated carbocycles. The number of anilines is 3. The molecule has 4 aliphatic heterocycles. The molecule has 17 heteroatoms. The highest BCUT2D eigenvalue weighted by atomic mass is 35.5. The summed E-state index contributed by atoms with van der Waals surface area (Å²) >= 11 is 6.08. The molecule has 2 aromatic heterocycles. The first-order chi connectivity index (χ1) is 27.6. The number of amides is 5. The van der Waals surface area contributed by atoms with Crippen LogP contribution in [0.15, 0.2) is 42.6 Å². The number of hydrogen-bond acceptors (Lipinski definition) is 13. The van der Waals surface area contributed by atoms with Gasteiger partial charge in [-0.2, -0.15) is 5.26 Å². The number of carbonyl (C=O) groups excluding carboxylic acids is 5. The van der Waals surface area contributed by atoms with E-state index in [0.29, 0.717) is 48.7 Å². The fraction of sp³-hybridized carbons (Fsp3) is 0.475. The van der Waals surface area contributed by atoms with E-state index < -0.39 is 29.7 Å². The summed E-state index contributed by atoms with van der Waals surface area (Å²) in [5.74, 6) is 0.0868. The van der Waals surface area contributed by atoms with Crippen LogP contribution in [0.3, 0.4) is 0 Å². The van der Waals surface area contributed by atoms with Crippen LogP contribution < -0.4 is 25.2 Å². The number of carbonyl (C=O) groups is 5. The van der Waals surface area contributed by atoms with Gasteiger partial charge in [0.2, 0.25) is 17.7 Å². The first kappa shape index (κ1) is 38.2. The Labute approximate surface area is 334 Å². The van der Waals surface area contributed by atoms with Crippen LogP contribution in [0.5, 0.6) is 5.75 Å². The number of benzene rings is 1. The Hall–Kier alpha value is -5.66. The average molecular weight is 795 g/mol. The summed E-state index contributed by atoms with van der Waals surface area (Å²) in [6, 6.07) is 11.6. The lowest BCUT2D eigenvalue weighted by Crippen LogP contribution is -2.54. The molecule has 0 bridgehead atoms. The minimum absolute atomic E-state index is 0.0533. The molecule has 16 nitrogen and oxygen atoms in total. The molecule has 2 N–H and O–H groups in total. The molecule has 0 spiro atoms. The van der Waals surface area contributed by atoms with E-state index >= 15 is 0 Å². The summed E-state index contributed by atoms with van der Waals surface area (Å²) in [4.78, 5) is 75.4. The van der Waals surface area contributed by atoms with Gasteiger partial charge in [0, 0.05) is 69.9 Å². The molecule has 57 heavy (non-hydrogen) atoms. The number of aromatic nitrogens is 3. The molecular formula is C40H43ClN10O6. The number of nitrogens with zero attached hydrogens (tertiary/aromatic N) is 8. The number of fused-ring (bicyclic) bond motifs is 1. The fourth-order valence-corrected chi connectivity index (χ4v) is 8.74. The molecule has 6 heterocycles. The number of rotatable bonds is 9. The zero-order valence-electron chi connectivity index (χ0n) is 31.4. The van der Waals surface area contributed by atoms with E-state index in [9.17, 15) is 24.0 Å². The van der Waals surface area contributed by atoms with E-state index in [0.717, 1.165) is 75.1 Å². The molecule has 1 unspecified atom stereocenters. The van der Waals surface area contributed by atoms with Crippen molar-refractivity contribution in [2.75, 3.05) is 60.9 Å². The van der Waals surface area contributed by atoms with Gasteiger partial charge in [0.05, 0.1) is 28.5 Å². The molecule has 0 radical (unpaired) electrons. The molecule has 1 aliphatic carbocycles. The smallest absolute Gasteiger partial charge is 0.262 e. The van der Waals surface area contributed by atoms with Crippen molar-refractivity contribution in [2.24, 2.45) is 11.8 Å². The van der Waals surface area contributed by atoms with E-state index in [1.807, 2.05) is 24.3 Å². The number of hydrogen-bond donors (Lipinski definition) is 2. The summed E-state index contributed by atoms with van der Waals surface area (Å²) in [5, 5.41) is 23.2. The lowest BCUT2D eigenvalue weighted by Gasteiger charge is -2.39. The maximum absolute atomic E-state index is 13.3. The SMILES string of the molecule is N#Cc1ncc(O[C@H]2CC[C@H](C(=O)Nc3ccc(N4CCC(CN5CCN(c6ccc7c(c6)C(=O)N(C6CCC(=O)NC6=O)C7=O)CC5)CC4)nn3)CC2)cc1Cl. The van der Waals surface area contributed by atoms with Crippen LogP contribution in [-0.4, -0.2) is 112 Å². The molecule has 8 rings (SSSR count). The maximum Gasteiger partial charge on any atom is 0.262 e. The molecule has 3 aromatic rings. The van der Waals surface area contributed by atoms with Gasteiger partial charge in [0.15, 0.2) is 17.3 Å². The average Bonchev–Trinajstić information content (AvgIpc) is 3.47. The van der Waals surface area contributed by atoms with Crippen molar-refractivity contribution in [2.45, 2.75) is 63.5 Å². The van der Waals surface area contributed by atoms with Gasteiger partial charge in [-0.05, 0) is 81.2 Å². The van der Waals surface area contributed by atoms with Crippen LogP contribution >= 0.6 is 11.6 Å². The van der Waals surface area contributed by atoms with Gasteiger partial charge in [0.1, 0.15) is 17.9 Å². The van der Waals surface area contributed by atoms with Gasteiger partial charge in [-0.1, -0.05) is 11.6 Å². The summed E-state index contributed by atoms with van der Waals surface area (Å²) in [6.45, 7) is 6.10. The van der Waals surface area contributed by atoms with E-state index in [2.05, 4.69) is 40.5 Å². The lowest BCUT2D eigenvalue weighted by atomic mass is 9.86. The van der Waals surface area contributed by atoms with Crippen LogP contribution in [0, 0.1) is 23.2 Å². The number of pyridine rings is 1. The van der Waals surface area contributed by atoms with Crippen LogP contribution in [0.2, 0.25) is 5.02 Å². The minimum atomic E-state index is -0.977. The normalized spacial score (nSPS) is 23.2. The number of ether oxygens (including phenoxy) is 1. The van der Waals surface area contributed by atoms with Crippen molar-refractivity contribution in [3.05, 3.63) is 64.4 Å². The number of piperazine rings is 1. The van der Waals surface area contributed by atoms with Gasteiger partial charge in [-0.25, -0.2) is 4.98 Å². The Morgan fingerprint density at radius 3 is 2.32 bits per heavy atom. The molecule has 296 valence electrons. The molecule has 3 saturated heterocycles. The van der Waals surface area contributed by atoms with Crippen molar-refractivity contribution in [3.63, 3.8) is 0 Å². The van der Waals surface area contributed by atoms with E-state index in [1.165, 1.54) is 6.20 Å². The quantitative estimate of drug-likeness (QED) is 0.300. The number of nitriles is 1. The highest BCUT2D eigenvalue weighted by molar-refractivity contribution is 6.31. The Morgan fingerprint density at radius 1 is 0.877 bits per heavy atom. The Balaban J connectivity index is 0.751. The summed E-state index contributed by atoms with van der Waals surface area (Å²) in [7, 11) is 0. The van der Waals surface area contributed by atoms with E-state index in [1.54, 1.807) is 18.2 Å². The van der Waals surface area contributed by atoms with Gasteiger partial charge >= 0.3 is 0 Å². The number of piperidine rings is 2. The van der Waals surface area contributed by atoms with E-state index in [4.69, 9.17) is 21.6 Å². The summed E-state index contributed by atoms with van der Waals surface area (Å²) < 4.78 is 6.00. The van der Waals surface area contributed by atoms with Crippen LogP contribution in [0.25, 0.3) is 0 Å². The molecular weight excluding hydrogens is 752 g/mol. The molecule has 5 aliphatic rings. The zero-order chi connectivity index (χ0) is 39.6. The maximum atomic E-state index is 13.3. The molecule has 1 atom stereocenters. The summed E-state index contributed by atoms with van der Waals surface area (Å²) in [5.41, 5.74) is 1.62. The molecule has 5 amide bonds. The Bertz CT molecular complexity index is 2100. The summed E-state index contributed by atoms with van der Waals surface area (Å²) in [6.07, 6.45) is 6.52. The minimum Gasteiger partial charge on any atom is -0.489 e.